The second-order valence-corrected chi connectivity index (χ2v) is 4.81. The molecule has 0 saturated carbocycles. The van der Waals surface area contributed by atoms with Crippen molar-refractivity contribution in [2.45, 2.75) is 19.9 Å². The largest absolute Gasteiger partial charge is 0.508 e. The van der Waals surface area contributed by atoms with Crippen molar-refractivity contribution in [2.24, 2.45) is 0 Å². The van der Waals surface area contributed by atoms with Gasteiger partial charge in [-0.25, -0.2) is 4.98 Å². The summed E-state index contributed by atoms with van der Waals surface area (Å²) in [5.74, 6) is 1.16. The number of benzene rings is 1. The highest BCUT2D eigenvalue weighted by Gasteiger charge is 2.14. The molecule has 0 aliphatic rings. The molecule has 4 heteroatoms. The highest BCUT2D eigenvalue weighted by molar-refractivity contribution is 5.80. The first-order valence-corrected chi connectivity index (χ1v) is 6.28. The number of imidazole rings is 1. The van der Waals surface area contributed by atoms with E-state index in [0.717, 1.165) is 22.4 Å². The molecule has 0 spiro atoms. The fourth-order valence-corrected chi connectivity index (χ4v) is 2.29. The zero-order valence-electron chi connectivity index (χ0n) is 10.9. The second kappa shape index (κ2) is 4.39. The number of aromatic nitrogens is 3. The second-order valence-electron chi connectivity index (χ2n) is 4.81. The minimum atomic E-state index is 0.262. The highest BCUT2D eigenvalue weighted by atomic mass is 16.3. The number of pyridine rings is 1. The van der Waals surface area contributed by atoms with Gasteiger partial charge in [0.05, 0.1) is 11.7 Å². The highest BCUT2D eigenvalue weighted by Crippen LogP contribution is 2.28. The van der Waals surface area contributed by atoms with Gasteiger partial charge in [0.25, 0.3) is 0 Å². The SMILES string of the molecule is CC(C)n1c(-c2ccc(O)cc2)nc2cnccc21. The zero-order chi connectivity index (χ0) is 13.4. The number of aromatic hydroxyl groups is 1. The average Bonchev–Trinajstić information content (AvgIpc) is 2.78. The maximum Gasteiger partial charge on any atom is 0.141 e. The summed E-state index contributed by atoms with van der Waals surface area (Å²) in [6, 6.07) is 9.39. The fourth-order valence-electron chi connectivity index (χ4n) is 2.29. The summed E-state index contributed by atoms with van der Waals surface area (Å²) in [4.78, 5) is 8.77. The number of fused-ring (bicyclic) bond motifs is 1. The molecule has 0 fully saturated rings. The molecule has 0 radical (unpaired) electrons. The molecule has 1 aromatic carbocycles. The summed E-state index contributed by atoms with van der Waals surface area (Å²) in [6.07, 6.45) is 3.56. The number of phenolic OH excluding ortho intramolecular Hbond substituents is 1. The van der Waals surface area contributed by atoms with E-state index >= 15 is 0 Å². The quantitative estimate of drug-likeness (QED) is 0.761. The van der Waals surface area contributed by atoms with Gasteiger partial charge in [-0.1, -0.05) is 0 Å². The van der Waals surface area contributed by atoms with E-state index in [1.807, 2.05) is 18.2 Å². The van der Waals surface area contributed by atoms with Gasteiger partial charge < -0.3 is 9.67 Å². The lowest BCUT2D eigenvalue weighted by Crippen LogP contribution is -2.02. The number of phenols is 1. The van der Waals surface area contributed by atoms with E-state index in [-0.39, 0.29) is 5.75 Å². The van der Waals surface area contributed by atoms with Gasteiger partial charge in [0.2, 0.25) is 0 Å². The van der Waals surface area contributed by atoms with Crippen LogP contribution in [0, 0.1) is 0 Å². The van der Waals surface area contributed by atoms with Crippen molar-refractivity contribution in [2.75, 3.05) is 0 Å². The van der Waals surface area contributed by atoms with Crippen LogP contribution in [0.4, 0.5) is 0 Å². The Kier molecular flexibility index (Phi) is 2.71. The van der Waals surface area contributed by atoms with Crippen LogP contribution < -0.4 is 0 Å². The Morgan fingerprint density at radius 2 is 1.84 bits per heavy atom. The minimum Gasteiger partial charge on any atom is -0.508 e. The third kappa shape index (κ3) is 1.95. The molecule has 3 aromatic rings. The third-order valence-electron chi connectivity index (χ3n) is 3.13. The maximum atomic E-state index is 9.38. The lowest BCUT2D eigenvalue weighted by atomic mass is 10.2. The van der Waals surface area contributed by atoms with Crippen molar-refractivity contribution in [1.29, 1.82) is 0 Å². The van der Waals surface area contributed by atoms with Crippen LogP contribution >= 0.6 is 0 Å². The molecule has 2 heterocycles. The Morgan fingerprint density at radius 1 is 1.11 bits per heavy atom. The molecule has 96 valence electrons. The van der Waals surface area contributed by atoms with Crippen LogP contribution in [0.2, 0.25) is 0 Å². The summed E-state index contributed by atoms with van der Waals surface area (Å²) in [5, 5.41) is 9.38. The molecule has 0 aliphatic heterocycles. The average molecular weight is 253 g/mol. The summed E-state index contributed by atoms with van der Waals surface area (Å²) >= 11 is 0. The Balaban J connectivity index is 2.28. The standard InChI is InChI=1S/C15H15N3O/c1-10(2)18-14-7-8-16-9-13(14)17-15(18)11-3-5-12(19)6-4-11/h3-10,19H,1-2H3. The van der Waals surface area contributed by atoms with Crippen molar-refractivity contribution in [3.63, 3.8) is 0 Å². The van der Waals surface area contributed by atoms with Crippen molar-refractivity contribution in [3.8, 4) is 17.1 Å². The van der Waals surface area contributed by atoms with Crippen LogP contribution in [0.15, 0.2) is 42.7 Å². The zero-order valence-corrected chi connectivity index (χ0v) is 10.9. The van der Waals surface area contributed by atoms with Crippen LogP contribution in [-0.2, 0) is 0 Å². The van der Waals surface area contributed by atoms with E-state index in [9.17, 15) is 5.11 Å². The molecule has 0 unspecified atom stereocenters. The van der Waals surface area contributed by atoms with E-state index < -0.39 is 0 Å². The van der Waals surface area contributed by atoms with Crippen LogP contribution in [-0.4, -0.2) is 19.6 Å². The Bertz CT molecular complexity index is 714. The number of hydrogen-bond donors (Lipinski definition) is 1. The lowest BCUT2D eigenvalue weighted by molar-refractivity contribution is 0.475. The van der Waals surface area contributed by atoms with E-state index in [1.165, 1.54) is 0 Å². The predicted octanol–water partition coefficient (Wildman–Crippen LogP) is 3.38. The molecular formula is C15H15N3O. The normalized spacial score (nSPS) is 11.3. The summed E-state index contributed by atoms with van der Waals surface area (Å²) in [7, 11) is 0. The molecule has 4 nitrogen and oxygen atoms in total. The monoisotopic (exact) mass is 253 g/mol. The molecule has 1 N–H and O–H groups in total. The summed E-state index contributed by atoms with van der Waals surface area (Å²) in [6.45, 7) is 4.26. The Labute approximate surface area is 111 Å². The van der Waals surface area contributed by atoms with E-state index in [1.54, 1.807) is 24.5 Å². The maximum absolute atomic E-state index is 9.38. The first kappa shape index (κ1) is 11.7. The fraction of sp³-hybridized carbons (Fsp3) is 0.200. The molecule has 19 heavy (non-hydrogen) atoms. The molecule has 0 aliphatic carbocycles. The van der Waals surface area contributed by atoms with Crippen molar-refractivity contribution < 1.29 is 5.11 Å². The summed E-state index contributed by atoms with van der Waals surface area (Å²) < 4.78 is 2.18. The van der Waals surface area contributed by atoms with Gasteiger partial charge in [0.15, 0.2) is 0 Å². The number of hydrogen-bond acceptors (Lipinski definition) is 3. The molecule has 0 saturated heterocycles. The first-order valence-electron chi connectivity index (χ1n) is 6.28. The molecule has 0 atom stereocenters. The number of rotatable bonds is 2. The molecular weight excluding hydrogens is 238 g/mol. The van der Waals surface area contributed by atoms with E-state index in [4.69, 9.17) is 0 Å². The van der Waals surface area contributed by atoms with Gasteiger partial charge in [0.1, 0.15) is 17.1 Å². The third-order valence-corrected chi connectivity index (χ3v) is 3.13. The molecule has 0 amide bonds. The van der Waals surface area contributed by atoms with Gasteiger partial charge in [-0.05, 0) is 44.2 Å². The summed E-state index contributed by atoms with van der Waals surface area (Å²) in [5.41, 5.74) is 2.95. The topological polar surface area (TPSA) is 50.9 Å². The van der Waals surface area contributed by atoms with Gasteiger partial charge >= 0.3 is 0 Å². The smallest absolute Gasteiger partial charge is 0.141 e. The minimum absolute atomic E-state index is 0.262. The van der Waals surface area contributed by atoms with Crippen LogP contribution in [0.5, 0.6) is 5.75 Å². The van der Waals surface area contributed by atoms with Crippen molar-refractivity contribution in [1.82, 2.24) is 14.5 Å². The molecule has 0 bridgehead atoms. The van der Waals surface area contributed by atoms with Crippen LogP contribution in [0.25, 0.3) is 22.4 Å². The first-order chi connectivity index (χ1) is 9.16. The van der Waals surface area contributed by atoms with Crippen molar-refractivity contribution in [3.05, 3.63) is 42.7 Å². The molecule has 3 rings (SSSR count). The van der Waals surface area contributed by atoms with Gasteiger partial charge in [-0.3, -0.25) is 4.98 Å². The molecule has 2 aromatic heterocycles. The predicted molar refractivity (Wildman–Crippen MR) is 75.0 cm³/mol. The van der Waals surface area contributed by atoms with Crippen molar-refractivity contribution >= 4 is 11.0 Å². The van der Waals surface area contributed by atoms with Gasteiger partial charge in [-0.2, -0.15) is 0 Å². The lowest BCUT2D eigenvalue weighted by Gasteiger charge is -2.13. The Morgan fingerprint density at radius 3 is 2.53 bits per heavy atom. The van der Waals surface area contributed by atoms with Gasteiger partial charge in [-0.15, -0.1) is 0 Å². The van der Waals surface area contributed by atoms with Gasteiger partial charge in [0, 0.05) is 17.8 Å². The van der Waals surface area contributed by atoms with E-state index in [0.29, 0.717) is 6.04 Å². The van der Waals surface area contributed by atoms with Crippen LogP contribution in [0.1, 0.15) is 19.9 Å². The van der Waals surface area contributed by atoms with Crippen LogP contribution in [0.3, 0.4) is 0 Å². The number of nitrogens with zero attached hydrogens (tertiary/aromatic N) is 3. The van der Waals surface area contributed by atoms with E-state index in [2.05, 4.69) is 28.4 Å². The Hall–Kier alpha value is -2.36.